The van der Waals surface area contributed by atoms with Gasteiger partial charge in [-0.25, -0.2) is 0 Å². The van der Waals surface area contributed by atoms with Crippen LogP contribution in [0.3, 0.4) is 0 Å². The SMILES string of the molecule is Cc1oc2c3c(ccc2c(=O)c1-c1ccc(Br)cc1)OCN(CCc1ccc(Cl)cc1Cl)C3. The molecule has 1 aromatic heterocycles. The molecule has 0 spiro atoms. The maximum atomic E-state index is 13.4. The van der Waals surface area contributed by atoms with Crippen LogP contribution in [0.4, 0.5) is 0 Å². The summed E-state index contributed by atoms with van der Waals surface area (Å²) < 4.78 is 13.2. The van der Waals surface area contributed by atoms with Crippen LogP contribution in [0.5, 0.6) is 5.75 Å². The fraction of sp³-hybridized carbons (Fsp3) is 0.192. The summed E-state index contributed by atoms with van der Waals surface area (Å²) in [6.07, 6.45) is 0.760. The van der Waals surface area contributed by atoms with E-state index in [0.717, 1.165) is 39.9 Å². The molecule has 0 saturated heterocycles. The van der Waals surface area contributed by atoms with Gasteiger partial charge in [0, 0.05) is 27.6 Å². The molecule has 33 heavy (non-hydrogen) atoms. The first-order chi connectivity index (χ1) is 15.9. The van der Waals surface area contributed by atoms with E-state index in [9.17, 15) is 4.79 Å². The lowest BCUT2D eigenvalue weighted by molar-refractivity contribution is 0.0968. The van der Waals surface area contributed by atoms with Crippen molar-refractivity contribution in [1.82, 2.24) is 4.90 Å². The third kappa shape index (κ3) is 4.43. The number of hydrogen-bond donors (Lipinski definition) is 0. The quantitative estimate of drug-likeness (QED) is 0.272. The third-order valence-electron chi connectivity index (χ3n) is 5.93. The van der Waals surface area contributed by atoms with Crippen LogP contribution in [0.1, 0.15) is 16.9 Å². The molecule has 3 aromatic carbocycles. The van der Waals surface area contributed by atoms with Crippen molar-refractivity contribution in [3.05, 3.63) is 96.2 Å². The van der Waals surface area contributed by atoms with Gasteiger partial charge in [0.25, 0.3) is 0 Å². The maximum absolute atomic E-state index is 13.4. The fourth-order valence-corrected chi connectivity index (χ4v) is 4.98. The van der Waals surface area contributed by atoms with E-state index in [0.29, 0.717) is 45.6 Å². The summed E-state index contributed by atoms with van der Waals surface area (Å²) in [7, 11) is 0. The van der Waals surface area contributed by atoms with Gasteiger partial charge in [0.1, 0.15) is 23.8 Å². The molecule has 0 bridgehead atoms. The molecule has 7 heteroatoms. The second kappa shape index (κ2) is 9.15. The maximum Gasteiger partial charge on any atom is 0.200 e. The topological polar surface area (TPSA) is 42.7 Å². The molecule has 0 atom stereocenters. The van der Waals surface area contributed by atoms with Crippen LogP contribution < -0.4 is 10.2 Å². The summed E-state index contributed by atoms with van der Waals surface area (Å²) >= 11 is 15.8. The number of rotatable bonds is 4. The predicted octanol–water partition coefficient (Wildman–Crippen LogP) is 7.23. The summed E-state index contributed by atoms with van der Waals surface area (Å²) in [6.45, 7) is 3.67. The molecule has 0 fully saturated rings. The van der Waals surface area contributed by atoms with Crippen LogP contribution in [0.25, 0.3) is 22.1 Å². The van der Waals surface area contributed by atoms with Gasteiger partial charge in [-0.1, -0.05) is 57.3 Å². The highest BCUT2D eigenvalue weighted by atomic mass is 79.9. The Labute approximate surface area is 209 Å². The van der Waals surface area contributed by atoms with Crippen molar-refractivity contribution >= 4 is 50.1 Å². The first-order valence-corrected chi connectivity index (χ1v) is 12.1. The zero-order chi connectivity index (χ0) is 23.1. The number of benzene rings is 3. The van der Waals surface area contributed by atoms with Crippen LogP contribution >= 0.6 is 39.1 Å². The van der Waals surface area contributed by atoms with Crippen LogP contribution in [-0.2, 0) is 13.0 Å². The second-order valence-corrected chi connectivity index (χ2v) is 9.86. The van der Waals surface area contributed by atoms with E-state index in [2.05, 4.69) is 20.8 Å². The summed E-state index contributed by atoms with van der Waals surface area (Å²) in [5.41, 5.74) is 3.89. The van der Waals surface area contributed by atoms with Gasteiger partial charge in [-0.2, -0.15) is 0 Å². The zero-order valence-corrected chi connectivity index (χ0v) is 20.9. The molecule has 1 aliphatic rings. The molecular formula is C26H20BrCl2NO3. The molecule has 1 aliphatic heterocycles. The monoisotopic (exact) mass is 543 g/mol. The summed E-state index contributed by atoms with van der Waals surface area (Å²) in [6, 6.07) is 16.9. The average Bonchev–Trinajstić information content (AvgIpc) is 2.79. The Morgan fingerprint density at radius 2 is 1.85 bits per heavy atom. The lowest BCUT2D eigenvalue weighted by Crippen LogP contribution is -2.34. The Hall–Kier alpha value is -2.31. The van der Waals surface area contributed by atoms with Crippen molar-refractivity contribution in [3.63, 3.8) is 0 Å². The molecular weight excluding hydrogens is 525 g/mol. The van der Waals surface area contributed by atoms with Gasteiger partial charge in [-0.3, -0.25) is 9.69 Å². The minimum Gasteiger partial charge on any atom is -0.478 e. The van der Waals surface area contributed by atoms with Crippen LogP contribution in [0.2, 0.25) is 10.0 Å². The van der Waals surface area contributed by atoms with Crippen molar-refractivity contribution in [2.24, 2.45) is 0 Å². The minimum atomic E-state index is -0.0380. The lowest BCUT2D eigenvalue weighted by atomic mass is 10.0. The molecule has 0 radical (unpaired) electrons. The highest BCUT2D eigenvalue weighted by Gasteiger charge is 2.24. The highest BCUT2D eigenvalue weighted by molar-refractivity contribution is 9.10. The van der Waals surface area contributed by atoms with Crippen LogP contribution in [-0.4, -0.2) is 18.2 Å². The number of nitrogens with zero attached hydrogens (tertiary/aromatic N) is 1. The average molecular weight is 545 g/mol. The lowest BCUT2D eigenvalue weighted by Gasteiger charge is -2.29. The van der Waals surface area contributed by atoms with Gasteiger partial charge in [-0.15, -0.1) is 0 Å². The van der Waals surface area contributed by atoms with E-state index in [1.54, 1.807) is 12.1 Å². The van der Waals surface area contributed by atoms with E-state index in [4.69, 9.17) is 32.4 Å². The smallest absolute Gasteiger partial charge is 0.200 e. The van der Waals surface area contributed by atoms with Crippen molar-refractivity contribution in [1.29, 1.82) is 0 Å². The number of aryl methyl sites for hydroxylation is 1. The first-order valence-electron chi connectivity index (χ1n) is 10.5. The van der Waals surface area contributed by atoms with Crippen LogP contribution in [0.15, 0.2) is 68.3 Å². The van der Waals surface area contributed by atoms with Gasteiger partial charge in [-0.05, 0) is 60.9 Å². The summed E-state index contributed by atoms with van der Waals surface area (Å²) in [4.78, 5) is 15.6. The Bertz CT molecular complexity index is 1420. The molecule has 0 amide bonds. The zero-order valence-electron chi connectivity index (χ0n) is 17.8. The number of halogens is 3. The fourth-order valence-electron chi connectivity index (χ4n) is 4.22. The Balaban J connectivity index is 1.47. The Morgan fingerprint density at radius 1 is 1.06 bits per heavy atom. The van der Waals surface area contributed by atoms with Gasteiger partial charge >= 0.3 is 0 Å². The van der Waals surface area contributed by atoms with Gasteiger partial charge in [0.15, 0.2) is 0 Å². The molecule has 4 nitrogen and oxygen atoms in total. The Kier molecular flexibility index (Phi) is 6.23. The third-order valence-corrected chi connectivity index (χ3v) is 7.04. The van der Waals surface area contributed by atoms with Crippen molar-refractivity contribution in [2.45, 2.75) is 19.9 Å². The van der Waals surface area contributed by atoms with E-state index >= 15 is 0 Å². The van der Waals surface area contributed by atoms with E-state index in [1.807, 2.05) is 49.4 Å². The number of ether oxygens (including phenoxy) is 1. The molecule has 0 N–H and O–H groups in total. The number of hydrogen-bond acceptors (Lipinski definition) is 4. The van der Waals surface area contributed by atoms with Gasteiger partial charge < -0.3 is 9.15 Å². The van der Waals surface area contributed by atoms with Gasteiger partial charge in [0.05, 0.1) is 16.5 Å². The van der Waals surface area contributed by atoms with Gasteiger partial charge in [0.2, 0.25) is 5.43 Å². The van der Waals surface area contributed by atoms with Crippen LogP contribution in [0, 0.1) is 6.92 Å². The molecule has 5 rings (SSSR count). The van der Waals surface area contributed by atoms with Crippen molar-refractivity contribution in [3.8, 4) is 16.9 Å². The molecule has 4 aromatic rings. The van der Waals surface area contributed by atoms with E-state index in [-0.39, 0.29) is 5.43 Å². The summed E-state index contributed by atoms with van der Waals surface area (Å²) in [5, 5.41) is 1.84. The summed E-state index contributed by atoms with van der Waals surface area (Å²) in [5.74, 6) is 1.34. The second-order valence-electron chi connectivity index (χ2n) is 8.10. The molecule has 0 unspecified atom stereocenters. The molecule has 0 saturated carbocycles. The first kappa shape index (κ1) is 22.5. The van der Waals surface area contributed by atoms with Crippen molar-refractivity contribution < 1.29 is 9.15 Å². The van der Waals surface area contributed by atoms with E-state index in [1.165, 1.54) is 0 Å². The molecule has 0 aliphatic carbocycles. The molecule has 2 heterocycles. The highest BCUT2D eigenvalue weighted by Crippen LogP contribution is 2.34. The molecule has 168 valence electrons. The largest absolute Gasteiger partial charge is 0.478 e. The number of fused-ring (bicyclic) bond motifs is 3. The normalized spacial score (nSPS) is 13.7. The predicted molar refractivity (Wildman–Crippen MR) is 136 cm³/mol. The Morgan fingerprint density at radius 3 is 2.61 bits per heavy atom. The standard InChI is InChI=1S/C26H20BrCl2NO3/c1-15-24(17-2-5-18(27)6-3-17)25(31)20-8-9-23-21(26(20)33-15)13-30(14-32-23)11-10-16-4-7-19(28)12-22(16)29/h2-9,12H,10-11,13-14H2,1H3. The van der Waals surface area contributed by atoms with E-state index < -0.39 is 0 Å². The van der Waals surface area contributed by atoms with Crippen molar-refractivity contribution in [2.75, 3.05) is 13.3 Å². The minimum absolute atomic E-state index is 0.0380.